The molecule has 0 aliphatic rings. The minimum absolute atomic E-state index is 0.0298. The molecule has 0 fully saturated rings. The average Bonchev–Trinajstić information content (AvgIpc) is 3.10. The van der Waals surface area contributed by atoms with E-state index in [1.807, 2.05) is 0 Å². The Balaban J connectivity index is 2.46. The molecule has 0 bridgehead atoms. The second kappa shape index (κ2) is 20.4. The molecule has 16 nitrogen and oxygen atoms in total. The Kier molecular flexibility index (Phi) is 16.4. The number of amides is 4. The van der Waals surface area contributed by atoms with Gasteiger partial charge in [-0.25, -0.2) is 0 Å². The average molecular weight is 685 g/mol. The fourth-order valence-electron chi connectivity index (χ4n) is 4.28. The monoisotopic (exact) mass is 684 g/mol. The first kappa shape index (κ1) is 39.4. The van der Waals surface area contributed by atoms with Crippen LogP contribution in [0, 0.1) is 0 Å². The molecule has 2 rings (SSSR count). The zero-order chi connectivity index (χ0) is 36.3. The highest BCUT2D eigenvalue weighted by atomic mass is 16.5. The molecule has 0 aromatic heterocycles. The number of ether oxygens (including phenoxy) is 4. The van der Waals surface area contributed by atoms with Gasteiger partial charge in [-0.15, -0.1) is 0 Å². The number of hydrogen-bond donors (Lipinski definition) is 4. The smallest absolute Gasteiger partial charge is 0.307 e. The lowest BCUT2D eigenvalue weighted by Crippen LogP contribution is -2.29. The van der Waals surface area contributed by atoms with E-state index < -0.39 is 47.5 Å². The Morgan fingerprint density at radius 2 is 0.633 bits per heavy atom. The summed E-state index contributed by atoms with van der Waals surface area (Å²) in [6.45, 7) is -0.119. The second-order valence-electron chi connectivity index (χ2n) is 10.3. The van der Waals surface area contributed by atoms with E-state index in [9.17, 15) is 38.4 Å². The van der Waals surface area contributed by atoms with E-state index in [1.54, 1.807) is 0 Å². The predicted molar refractivity (Wildman–Crippen MR) is 172 cm³/mol. The fourth-order valence-corrected chi connectivity index (χ4v) is 4.28. The third-order valence-electron chi connectivity index (χ3n) is 6.81. The molecule has 0 atom stereocenters. The summed E-state index contributed by atoms with van der Waals surface area (Å²) in [7, 11) is 4.88. The van der Waals surface area contributed by atoms with Gasteiger partial charge < -0.3 is 40.2 Å². The van der Waals surface area contributed by atoms with Crippen LogP contribution in [0.5, 0.6) is 0 Å². The molecule has 0 saturated heterocycles. The van der Waals surface area contributed by atoms with Crippen LogP contribution >= 0.6 is 0 Å². The van der Waals surface area contributed by atoms with Gasteiger partial charge in [-0.2, -0.15) is 0 Å². The Hall–Kier alpha value is -5.80. The normalized spacial score (nSPS) is 10.2. The molecular weight excluding hydrogens is 644 g/mol. The summed E-state index contributed by atoms with van der Waals surface area (Å²) < 4.78 is 18.4. The summed E-state index contributed by atoms with van der Waals surface area (Å²) >= 11 is 0. The van der Waals surface area contributed by atoms with Crippen LogP contribution in [0.4, 0.5) is 0 Å². The van der Waals surface area contributed by atoms with Crippen molar-refractivity contribution < 1.29 is 57.3 Å². The fraction of sp³-hybridized carbons (Fsp3) is 0.394. The van der Waals surface area contributed by atoms with Crippen molar-refractivity contribution >= 4 is 47.5 Å². The maximum atomic E-state index is 13.0. The van der Waals surface area contributed by atoms with Crippen molar-refractivity contribution in [3.63, 3.8) is 0 Å². The van der Waals surface area contributed by atoms with Gasteiger partial charge in [0.25, 0.3) is 23.6 Å². The van der Waals surface area contributed by atoms with Crippen molar-refractivity contribution in [2.45, 2.75) is 32.1 Å². The number of methoxy groups -OCH3 is 4. The first-order valence-electron chi connectivity index (χ1n) is 15.1. The molecule has 4 amide bonds. The molecule has 16 heteroatoms. The van der Waals surface area contributed by atoms with Gasteiger partial charge in [0, 0.05) is 48.4 Å². The van der Waals surface area contributed by atoms with Crippen LogP contribution in [-0.4, -0.2) is 102 Å². The van der Waals surface area contributed by atoms with Crippen molar-refractivity contribution in [1.82, 2.24) is 21.3 Å². The largest absolute Gasteiger partial charge is 0.469 e. The van der Waals surface area contributed by atoms with Crippen molar-refractivity contribution in [3.8, 4) is 0 Å². The number of hydrogen-bond acceptors (Lipinski definition) is 12. The van der Waals surface area contributed by atoms with Gasteiger partial charge in [-0.1, -0.05) is 0 Å². The van der Waals surface area contributed by atoms with Crippen LogP contribution in [0.3, 0.4) is 0 Å². The number of carbonyl (C=O) groups excluding carboxylic acids is 8. The minimum atomic E-state index is -0.584. The molecule has 4 N–H and O–H groups in total. The molecule has 0 spiro atoms. The number of rotatable bonds is 18. The molecular formula is C33H40N4O12. The number of carbonyl (C=O) groups is 8. The van der Waals surface area contributed by atoms with E-state index in [4.69, 9.17) is 0 Å². The van der Waals surface area contributed by atoms with Crippen LogP contribution in [0.15, 0.2) is 36.4 Å². The van der Waals surface area contributed by atoms with Crippen LogP contribution < -0.4 is 21.3 Å². The van der Waals surface area contributed by atoms with Gasteiger partial charge in [0.1, 0.15) is 0 Å². The van der Waals surface area contributed by atoms with Gasteiger partial charge in [0.2, 0.25) is 0 Å². The number of benzene rings is 2. The van der Waals surface area contributed by atoms with Crippen LogP contribution in [0.1, 0.15) is 78.2 Å². The number of nitrogens with one attached hydrogen (secondary N) is 4. The molecule has 0 aliphatic heterocycles. The standard InChI is InChI=1S/C33H40N4O12/c1-46-26(38)5-9-34-30(42)22-14-20(15-23(18-22)31(43)35-10-6-27(39)47-2)13-21-16-24(32(44)36-11-7-28(40)48-3)19-25(17-21)33(45)37-12-8-29(41)49-4/h14-19H,5-13H2,1-4H3,(H,34,42)(H,35,43)(H,36,44)(H,37,45). The quantitative estimate of drug-likeness (QED) is 0.124. The predicted octanol–water partition coefficient (Wildman–Crippen LogP) is 0.449. The maximum Gasteiger partial charge on any atom is 0.307 e. The molecule has 2 aromatic carbocycles. The molecule has 49 heavy (non-hydrogen) atoms. The Morgan fingerprint density at radius 1 is 0.408 bits per heavy atom. The van der Waals surface area contributed by atoms with Gasteiger partial charge in [0.15, 0.2) is 0 Å². The summed E-state index contributed by atoms with van der Waals surface area (Å²) in [5, 5.41) is 10.4. The number of esters is 4. The molecule has 0 saturated carbocycles. The summed E-state index contributed by atoms with van der Waals surface area (Å²) in [5.74, 6) is -4.45. The highest BCUT2D eigenvalue weighted by Gasteiger charge is 2.18. The molecule has 0 heterocycles. The van der Waals surface area contributed by atoms with E-state index >= 15 is 0 Å². The Morgan fingerprint density at radius 3 is 0.837 bits per heavy atom. The van der Waals surface area contributed by atoms with Crippen molar-refractivity contribution in [2.75, 3.05) is 54.6 Å². The van der Waals surface area contributed by atoms with E-state index in [-0.39, 0.29) is 80.5 Å². The van der Waals surface area contributed by atoms with Crippen LogP contribution in [-0.2, 0) is 44.5 Å². The SMILES string of the molecule is COC(=O)CCNC(=O)c1cc(Cc2cc(C(=O)NCCC(=O)OC)cc(C(=O)NCCC(=O)OC)c2)cc(C(=O)NCCC(=O)OC)c1. The van der Waals surface area contributed by atoms with Gasteiger partial charge in [-0.05, 0) is 53.9 Å². The molecule has 264 valence electrons. The Labute approximate surface area is 282 Å². The Bertz CT molecular complexity index is 1340. The highest BCUT2D eigenvalue weighted by Crippen LogP contribution is 2.19. The third-order valence-corrected chi connectivity index (χ3v) is 6.81. The zero-order valence-corrected chi connectivity index (χ0v) is 27.7. The first-order valence-corrected chi connectivity index (χ1v) is 15.1. The maximum absolute atomic E-state index is 13.0. The lowest BCUT2D eigenvalue weighted by atomic mass is 9.96. The third kappa shape index (κ3) is 13.8. The highest BCUT2D eigenvalue weighted by molar-refractivity contribution is 6.01. The van der Waals surface area contributed by atoms with Crippen molar-refractivity contribution in [3.05, 3.63) is 69.8 Å². The summed E-state index contributed by atoms with van der Waals surface area (Å²) in [6.07, 6.45) is -0.287. The van der Waals surface area contributed by atoms with Gasteiger partial charge >= 0.3 is 23.9 Å². The molecule has 0 unspecified atom stereocenters. The summed E-state index contributed by atoms with van der Waals surface area (Å²) in [6, 6.07) is 8.73. The lowest BCUT2D eigenvalue weighted by Gasteiger charge is -2.13. The molecule has 2 aromatic rings. The summed E-state index contributed by atoms with van der Waals surface area (Å²) in [5.41, 5.74) is 1.21. The van der Waals surface area contributed by atoms with Crippen molar-refractivity contribution in [2.24, 2.45) is 0 Å². The van der Waals surface area contributed by atoms with Gasteiger partial charge in [0.05, 0.1) is 54.1 Å². The van der Waals surface area contributed by atoms with Crippen LogP contribution in [0.2, 0.25) is 0 Å². The second-order valence-corrected chi connectivity index (χ2v) is 10.3. The van der Waals surface area contributed by atoms with Crippen LogP contribution in [0.25, 0.3) is 0 Å². The van der Waals surface area contributed by atoms with E-state index in [0.717, 1.165) is 0 Å². The first-order chi connectivity index (χ1) is 23.4. The van der Waals surface area contributed by atoms with Gasteiger partial charge in [-0.3, -0.25) is 38.4 Å². The topological polar surface area (TPSA) is 222 Å². The lowest BCUT2D eigenvalue weighted by molar-refractivity contribution is -0.141. The van der Waals surface area contributed by atoms with Crippen molar-refractivity contribution in [1.29, 1.82) is 0 Å². The molecule has 0 radical (unpaired) electrons. The van der Waals surface area contributed by atoms with E-state index in [1.165, 1.54) is 64.8 Å². The van der Waals surface area contributed by atoms with E-state index in [0.29, 0.717) is 11.1 Å². The molecule has 0 aliphatic carbocycles. The minimum Gasteiger partial charge on any atom is -0.469 e. The summed E-state index contributed by atoms with van der Waals surface area (Å²) in [4.78, 5) is 98.1. The zero-order valence-electron chi connectivity index (χ0n) is 27.7. The van der Waals surface area contributed by atoms with E-state index in [2.05, 4.69) is 40.2 Å².